The molecule has 2 amide bonds. The van der Waals surface area contributed by atoms with Gasteiger partial charge in [-0.25, -0.2) is 9.37 Å². The zero-order valence-electron chi connectivity index (χ0n) is 22.0. The lowest BCUT2D eigenvalue weighted by molar-refractivity contribution is -0.149. The Balaban J connectivity index is 1.54. The summed E-state index contributed by atoms with van der Waals surface area (Å²) >= 11 is 5.86. The van der Waals surface area contributed by atoms with Gasteiger partial charge in [0.2, 0.25) is 0 Å². The maximum Gasteiger partial charge on any atom is 0.398 e. The van der Waals surface area contributed by atoms with E-state index in [0.717, 1.165) is 18.6 Å². The van der Waals surface area contributed by atoms with Crippen molar-refractivity contribution < 1.29 is 41.4 Å². The molecule has 2 N–H and O–H groups in total. The molecule has 0 spiro atoms. The molecular weight excluding hydrogens is 570 g/mol. The normalized spacial score (nSPS) is 16.0. The minimum Gasteiger partial charge on any atom is -0.494 e. The number of rotatable bonds is 9. The van der Waals surface area contributed by atoms with Crippen molar-refractivity contribution in [2.75, 3.05) is 27.3 Å². The van der Waals surface area contributed by atoms with Gasteiger partial charge in [0, 0.05) is 24.2 Å². The Morgan fingerprint density at radius 3 is 2.49 bits per heavy atom. The molecule has 1 aromatic heterocycles. The van der Waals surface area contributed by atoms with Crippen molar-refractivity contribution in [2.24, 2.45) is 0 Å². The molecule has 0 saturated carbocycles. The number of benzene rings is 2. The van der Waals surface area contributed by atoms with E-state index in [4.69, 9.17) is 25.8 Å². The number of hydrogen-bond acceptors (Lipinski definition) is 6. The summed E-state index contributed by atoms with van der Waals surface area (Å²) in [6, 6.07) is 10.2. The first-order chi connectivity index (χ1) is 19.5. The number of piperidine rings is 1. The van der Waals surface area contributed by atoms with Crippen molar-refractivity contribution in [1.82, 2.24) is 15.6 Å². The van der Waals surface area contributed by atoms with Crippen molar-refractivity contribution in [1.29, 1.82) is 0 Å². The molecule has 2 aromatic carbocycles. The van der Waals surface area contributed by atoms with Crippen LogP contribution in [0.1, 0.15) is 34.8 Å². The molecule has 2 unspecified atom stereocenters. The Bertz CT molecular complexity index is 1440. The highest BCUT2D eigenvalue weighted by Gasteiger charge is 2.42. The van der Waals surface area contributed by atoms with Crippen LogP contribution >= 0.6 is 11.6 Å². The molecular formula is C28H26ClF4N3O5. The second-order valence-corrected chi connectivity index (χ2v) is 9.53. The Hall–Kier alpha value is -4.06. The number of pyridine rings is 1. The number of carbonyl (C=O) groups is 2. The van der Waals surface area contributed by atoms with E-state index in [1.807, 2.05) is 0 Å². The number of carbonyl (C=O) groups excluding carboxylic acids is 2. The number of methoxy groups -OCH3 is 2. The van der Waals surface area contributed by atoms with Crippen LogP contribution in [0.25, 0.3) is 11.3 Å². The molecule has 1 fully saturated rings. The van der Waals surface area contributed by atoms with Gasteiger partial charge < -0.3 is 24.8 Å². The maximum atomic E-state index is 14.2. The number of nitrogens with zero attached hydrogens (tertiary/aromatic N) is 1. The minimum absolute atomic E-state index is 0.0209. The second kappa shape index (κ2) is 12.6. The highest BCUT2D eigenvalue weighted by molar-refractivity contribution is 6.31. The van der Waals surface area contributed by atoms with Gasteiger partial charge in [-0.2, -0.15) is 13.2 Å². The number of nitrogens with one attached hydrogen (secondary N) is 2. The Morgan fingerprint density at radius 2 is 1.83 bits per heavy atom. The molecule has 0 bridgehead atoms. The van der Waals surface area contributed by atoms with E-state index >= 15 is 0 Å². The van der Waals surface area contributed by atoms with Crippen molar-refractivity contribution in [2.45, 2.75) is 31.0 Å². The van der Waals surface area contributed by atoms with E-state index in [-0.39, 0.29) is 50.7 Å². The van der Waals surface area contributed by atoms with Crippen LogP contribution in [-0.2, 0) is 4.79 Å². The van der Waals surface area contributed by atoms with Crippen LogP contribution in [0.4, 0.5) is 17.6 Å². The molecule has 41 heavy (non-hydrogen) atoms. The lowest BCUT2D eigenvalue weighted by Crippen LogP contribution is -2.43. The highest BCUT2D eigenvalue weighted by Crippen LogP contribution is 2.38. The largest absolute Gasteiger partial charge is 0.494 e. The Kier molecular flexibility index (Phi) is 9.21. The summed E-state index contributed by atoms with van der Waals surface area (Å²) in [7, 11) is 2.66. The molecule has 2 atom stereocenters. The molecule has 0 aliphatic carbocycles. The topological polar surface area (TPSA) is 98.8 Å². The quantitative estimate of drug-likeness (QED) is 0.326. The number of hydrogen-bond donors (Lipinski definition) is 2. The molecule has 1 aliphatic rings. The lowest BCUT2D eigenvalue weighted by atomic mass is 10.0. The van der Waals surface area contributed by atoms with Crippen LogP contribution in [0.5, 0.6) is 17.2 Å². The molecule has 2 heterocycles. The van der Waals surface area contributed by atoms with Crippen molar-refractivity contribution in [3.8, 4) is 28.5 Å². The third-order valence-corrected chi connectivity index (χ3v) is 6.73. The lowest BCUT2D eigenvalue weighted by Gasteiger charge is -2.24. The highest BCUT2D eigenvalue weighted by atomic mass is 35.5. The first-order valence-corrected chi connectivity index (χ1v) is 12.9. The third-order valence-electron chi connectivity index (χ3n) is 6.44. The van der Waals surface area contributed by atoms with Gasteiger partial charge >= 0.3 is 6.18 Å². The Morgan fingerprint density at radius 1 is 1.10 bits per heavy atom. The summed E-state index contributed by atoms with van der Waals surface area (Å²) in [4.78, 5) is 29.0. The second-order valence-electron chi connectivity index (χ2n) is 9.13. The van der Waals surface area contributed by atoms with E-state index in [2.05, 4.69) is 15.6 Å². The van der Waals surface area contributed by atoms with Gasteiger partial charge in [-0.3, -0.25) is 9.59 Å². The molecule has 1 aliphatic heterocycles. The summed E-state index contributed by atoms with van der Waals surface area (Å²) in [6.07, 6.45) is -4.26. The average Bonchev–Trinajstić information content (AvgIpc) is 2.95. The zero-order valence-corrected chi connectivity index (χ0v) is 22.7. The minimum atomic E-state index is -4.78. The summed E-state index contributed by atoms with van der Waals surface area (Å²) in [5.74, 6) is -3.42. The van der Waals surface area contributed by atoms with Gasteiger partial charge in [0.05, 0.1) is 24.9 Å². The maximum absolute atomic E-state index is 14.2. The van der Waals surface area contributed by atoms with E-state index in [1.165, 1.54) is 50.6 Å². The number of alkyl halides is 3. The smallest absolute Gasteiger partial charge is 0.398 e. The summed E-state index contributed by atoms with van der Waals surface area (Å²) in [5, 5.41) is 4.78. The molecule has 13 heteroatoms. The standard InChI is InChI=1S/C28H26ClF4N3O5/c1-39-22-10-8-20(36-25(22)15-5-7-19(30)18(29)12-15)17(28(31,32)33)14-35-26(37)16-6-9-21(24(13-16)40-2)41-23-4-3-11-34-27(23)38/h5-10,12-13,17,23H,3-4,11,14H2,1-2H3,(H,34,38)(H,35,37). The zero-order chi connectivity index (χ0) is 29.7. The van der Waals surface area contributed by atoms with Crippen LogP contribution in [0.15, 0.2) is 48.5 Å². The van der Waals surface area contributed by atoms with E-state index < -0.39 is 36.5 Å². The molecule has 8 nitrogen and oxygen atoms in total. The van der Waals surface area contributed by atoms with Gasteiger partial charge in [0.15, 0.2) is 17.6 Å². The fraction of sp³-hybridized carbons (Fsp3) is 0.321. The summed E-state index contributed by atoms with van der Waals surface area (Å²) in [6.45, 7) is -0.268. The average molecular weight is 596 g/mol. The van der Waals surface area contributed by atoms with Gasteiger partial charge in [0.1, 0.15) is 23.2 Å². The van der Waals surface area contributed by atoms with Gasteiger partial charge in [-0.15, -0.1) is 0 Å². The number of ether oxygens (including phenoxy) is 3. The summed E-state index contributed by atoms with van der Waals surface area (Å²) < 4.78 is 72.4. The monoisotopic (exact) mass is 595 g/mol. The first kappa shape index (κ1) is 29.9. The predicted molar refractivity (Wildman–Crippen MR) is 142 cm³/mol. The van der Waals surface area contributed by atoms with Crippen molar-refractivity contribution in [3.63, 3.8) is 0 Å². The van der Waals surface area contributed by atoms with Gasteiger partial charge in [-0.05, 0) is 61.4 Å². The molecule has 1 saturated heterocycles. The van der Waals surface area contributed by atoms with Gasteiger partial charge in [-0.1, -0.05) is 11.6 Å². The predicted octanol–water partition coefficient (Wildman–Crippen LogP) is 5.29. The van der Waals surface area contributed by atoms with Crippen LogP contribution in [0.3, 0.4) is 0 Å². The SMILES string of the molecule is COc1cc(C(=O)NCC(c2ccc(OC)c(-c3ccc(F)c(Cl)c3)n2)C(F)(F)F)ccc1OC1CCCNC1=O. The first-order valence-electron chi connectivity index (χ1n) is 12.5. The third kappa shape index (κ3) is 6.99. The van der Waals surface area contributed by atoms with Crippen LogP contribution in [0, 0.1) is 5.82 Å². The van der Waals surface area contributed by atoms with Crippen LogP contribution in [-0.4, -0.2) is 56.4 Å². The fourth-order valence-electron chi connectivity index (χ4n) is 4.27. The molecule has 0 radical (unpaired) electrons. The number of aromatic nitrogens is 1. The van der Waals surface area contributed by atoms with E-state index in [9.17, 15) is 27.2 Å². The van der Waals surface area contributed by atoms with Crippen molar-refractivity contribution in [3.05, 3.63) is 70.6 Å². The number of halogens is 5. The summed E-state index contributed by atoms with van der Waals surface area (Å²) in [5.41, 5.74) is -0.0895. The molecule has 3 aromatic rings. The van der Waals surface area contributed by atoms with Gasteiger partial charge in [0.25, 0.3) is 11.8 Å². The fourth-order valence-corrected chi connectivity index (χ4v) is 4.45. The van der Waals surface area contributed by atoms with E-state index in [1.54, 1.807) is 0 Å². The van der Waals surface area contributed by atoms with Crippen LogP contribution < -0.4 is 24.8 Å². The molecule has 218 valence electrons. The van der Waals surface area contributed by atoms with E-state index in [0.29, 0.717) is 13.0 Å². The Labute approximate surface area is 238 Å². The number of amides is 2. The van der Waals surface area contributed by atoms with Crippen molar-refractivity contribution >= 4 is 23.4 Å². The molecule has 4 rings (SSSR count). The van der Waals surface area contributed by atoms with Crippen LogP contribution in [0.2, 0.25) is 5.02 Å².